The number of hydrogen-bond donors (Lipinski definition) is 2. The van der Waals surface area contributed by atoms with Crippen LogP contribution in [0.1, 0.15) is 30.5 Å². The molecule has 2 nitrogen and oxygen atoms in total. The molecule has 0 radical (unpaired) electrons. The Morgan fingerprint density at radius 2 is 1.77 bits per heavy atom. The molecule has 0 aliphatic rings. The van der Waals surface area contributed by atoms with E-state index in [2.05, 4.69) is 48.7 Å². The molecule has 2 N–H and O–H groups in total. The van der Waals surface area contributed by atoms with Crippen molar-refractivity contribution in [1.82, 2.24) is 5.32 Å². The molecule has 0 saturated carbocycles. The van der Waals surface area contributed by atoms with Crippen molar-refractivity contribution in [3.8, 4) is 0 Å². The van der Waals surface area contributed by atoms with E-state index in [4.69, 9.17) is 35.4 Å². The molecule has 0 aliphatic heterocycles. The second-order valence-electron chi connectivity index (χ2n) is 5.10. The van der Waals surface area contributed by atoms with E-state index >= 15 is 0 Å². The van der Waals surface area contributed by atoms with Crippen LogP contribution in [0.5, 0.6) is 0 Å². The lowest BCUT2D eigenvalue weighted by atomic mass is 10.0. The standard InChI is InChI=1S/C17H18Cl2N2S/c1-3-16(12-6-4-11(2)5-7-12)21-17(22)20-13-8-9-14(18)15(19)10-13/h4-10,16H,3H2,1-2H3,(H2,20,21,22)/t16-/m1/s1. The molecule has 0 saturated heterocycles. The predicted octanol–water partition coefficient (Wildman–Crippen LogP) is 5.74. The van der Waals surface area contributed by atoms with Crippen molar-refractivity contribution in [2.24, 2.45) is 0 Å². The van der Waals surface area contributed by atoms with Gasteiger partial charge in [-0.25, -0.2) is 0 Å². The van der Waals surface area contributed by atoms with Gasteiger partial charge in [0.05, 0.1) is 16.1 Å². The highest BCUT2D eigenvalue weighted by molar-refractivity contribution is 7.80. The Bertz CT molecular complexity index is 656. The van der Waals surface area contributed by atoms with Gasteiger partial charge in [0, 0.05) is 5.69 Å². The van der Waals surface area contributed by atoms with Gasteiger partial charge in [-0.1, -0.05) is 60.0 Å². The Morgan fingerprint density at radius 1 is 1.09 bits per heavy atom. The van der Waals surface area contributed by atoms with E-state index in [1.807, 2.05) is 6.07 Å². The lowest BCUT2D eigenvalue weighted by Crippen LogP contribution is -2.32. The minimum absolute atomic E-state index is 0.170. The van der Waals surface area contributed by atoms with Crippen LogP contribution in [0, 0.1) is 6.92 Å². The Balaban J connectivity index is 2.02. The topological polar surface area (TPSA) is 24.1 Å². The van der Waals surface area contributed by atoms with Crippen LogP contribution in [-0.4, -0.2) is 5.11 Å². The molecule has 0 aliphatic carbocycles. The van der Waals surface area contributed by atoms with Crippen molar-refractivity contribution in [2.75, 3.05) is 5.32 Å². The fourth-order valence-corrected chi connectivity index (χ4v) is 2.68. The molecule has 0 heterocycles. The summed E-state index contributed by atoms with van der Waals surface area (Å²) >= 11 is 17.3. The Hall–Kier alpha value is -1.29. The van der Waals surface area contributed by atoms with E-state index in [9.17, 15) is 0 Å². The first kappa shape index (κ1) is 17.1. The molecule has 0 bridgehead atoms. The van der Waals surface area contributed by atoms with E-state index in [0.717, 1.165) is 12.1 Å². The molecule has 2 rings (SSSR count). The normalized spacial score (nSPS) is 11.8. The molecule has 2 aromatic rings. The summed E-state index contributed by atoms with van der Waals surface area (Å²) in [5.74, 6) is 0. The molecule has 0 unspecified atom stereocenters. The van der Waals surface area contributed by atoms with Crippen molar-refractivity contribution >= 4 is 46.2 Å². The van der Waals surface area contributed by atoms with Gasteiger partial charge in [-0.2, -0.15) is 0 Å². The molecular formula is C17H18Cl2N2S. The van der Waals surface area contributed by atoms with Gasteiger partial charge in [0.2, 0.25) is 0 Å². The zero-order valence-corrected chi connectivity index (χ0v) is 14.8. The number of hydrogen-bond acceptors (Lipinski definition) is 1. The summed E-state index contributed by atoms with van der Waals surface area (Å²) in [7, 11) is 0. The van der Waals surface area contributed by atoms with Gasteiger partial charge in [-0.3, -0.25) is 0 Å². The average Bonchev–Trinajstić information content (AvgIpc) is 2.49. The second kappa shape index (κ2) is 7.82. The third-order valence-electron chi connectivity index (χ3n) is 3.37. The lowest BCUT2D eigenvalue weighted by Gasteiger charge is -2.20. The number of rotatable bonds is 4. The number of nitrogens with one attached hydrogen (secondary N) is 2. The van der Waals surface area contributed by atoms with Crippen LogP contribution in [0.4, 0.5) is 5.69 Å². The highest BCUT2D eigenvalue weighted by Crippen LogP contribution is 2.25. The third-order valence-corrected chi connectivity index (χ3v) is 4.33. The quantitative estimate of drug-likeness (QED) is 0.686. The van der Waals surface area contributed by atoms with Gasteiger partial charge in [-0.05, 0) is 49.3 Å². The maximum Gasteiger partial charge on any atom is 0.171 e. The summed E-state index contributed by atoms with van der Waals surface area (Å²) in [6, 6.07) is 14.0. The van der Waals surface area contributed by atoms with Crippen LogP contribution in [0.3, 0.4) is 0 Å². The third kappa shape index (κ3) is 4.60. The highest BCUT2D eigenvalue weighted by Gasteiger charge is 2.10. The molecule has 0 aromatic heterocycles. The van der Waals surface area contributed by atoms with Crippen molar-refractivity contribution in [2.45, 2.75) is 26.3 Å². The summed E-state index contributed by atoms with van der Waals surface area (Å²) in [4.78, 5) is 0. The van der Waals surface area contributed by atoms with Gasteiger partial charge in [-0.15, -0.1) is 0 Å². The molecule has 0 fully saturated rings. The van der Waals surface area contributed by atoms with Crippen LogP contribution >= 0.6 is 35.4 Å². The van der Waals surface area contributed by atoms with E-state index < -0.39 is 0 Å². The molecule has 1 atom stereocenters. The van der Waals surface area contributed by atoms with Gasteiger partial charge in [0.25, 0.3) is 0 Å². The second-order valence-corrected chi connectivity index (χ2v) is 6.32. The minimum Gasteiger partial charge on any atom is -0.356 e. The molecule has 2 aromatic carbocycles. The lowest BCUT2D eigenvalue weighted by molar-refractivity contribution is 0.629. The zero-order valence-electron chi connectivity index (χ0n) is 12.5. The predicted molar refractivity (Wildman–Crippen MR) is 100 cm³/mol. The number of aryl methyl sites for hydroxylation is 1. The van der Waals surface area contributed by atoms with Gasteiger partial charge < -0.3 is 10.6 Å². The number of anilines is 1. The van der Waals surface area contributed by atoms with Crippen molar-refractivity contribution < 1.29 is 0 Å². The molecule has 0 amide bonds. The first-order valence-corrected chi connectivity index (χ1v) is 8.25. The summed E-state index contributed by atoms with van der Waals surface area (Å²) in [6.45, 7) is 4.20. The molecule has 22 heavy (non-hydrogen) atoms. The number of benzene rings is 2. The first-order valence-electron chi connectivity index (χ1n) is 7.08. The van der Waals surface area contributed by atoms with Gasteiger partial charge in [0.1, 0.15) is 0 Å². The Morgan fingerprint density at radius 3 is 2.36 bits per heavy atom. The van der Waals surface area contributed by atoms with E-state index in [0.29, 0.717) is 15.2 Å². The fourth-order valence-electron chi connectivity index (χ4n) is 2.12. The van der Waals surface area contributed by atoms with Gasteiger partial charge in [0.15, 0.2) is 5.11 Å². The number of thiocarbonyl (C=S) groups is 1. The Labute approximate surface area is 146 Å². The van der Waals surface area contributed by atoms with Crippen molar-refractivity contribution in [3.05, 3.63) is 63.6 Å². The Kier molecular flexibility index (Phi) is 6.07. The smallest absolute Gasteiger partial charge is 0.171 e. The maximum atomic E-state index is 6.01. The SMILES string of the molecule is CC[C@@H](NC(=S)Nc1ccc(Cl)c(Cl)c1)c1ccc(C)cc1. The summed E-state index contributed by atoms with van der Waals surface area (Å²) < 4.78 is 0. The first-order chi connectivity index (χ1) is 10.5. The highest BCUT2D eigenvalue weighted by atomic mass is 35.5. The summed E-state index contributed by atoms with van der Waals surface area (Å²) in [5, 5.41) is 8.05. The average molecular weight is 353 g/mol. The maximum absolute atomic E-state index is 6.01. The van der Waals surface area contributed by atoms with Crippen LogP contribution < -0.4 is 10.6 Å². The van der Waals surface area contributed by atoms with Crippen LogP contribution in [0.15, 0.2) is 42.5 Å². The zero-order chi connectivity index (χ0) is 16.1. The van der Waals surface area contributed by atoms with Crippen molar-refractivity contribution in [3.63, 3.8) is 0 Å². The van der Waals surface area contributed by atoms with Crippen LogP contribution in [-0.2, 0) is 0 Å². The molecule has 116 valence electrons. The summed E-state index contributed by atoms with van der Waals surface area (Å²) in [6.07, 6.45) is 0.937. The monoisotopic (exact) mass is 352 g/mol. The van der Waals surface area contributed by atoms with E-state index in [1.54, 1.807) is 12.1 Å². The molecule has 0 spiro atoms. The van der Waals surface area contributed by atoms with Crippen LogP contribution in [0.25, 0.3) is 0 Å². The van der Waals surface area contributed by atoms with E-state index in [1.165, 1.54) is 11.1 Å². The van der Waals surface area contributed by atoms with Crippen LogP contribution in [0.2, 0.25) is 10.0 Å². The minimum atomic E-state index is 0.170. The molecule has 5 heteroatoms. The summed E-state index contributed by atoms with van der Waals surface area (Å²) in [5.41, 5.74) is 3.27. The van der Waals surface area contributed by atoms with Gasteiger partial charge >= 0.3 is 0 Å². The number of halogens is 2. The molecular weight excluding hydrogens is 335 g/mol. The van der Waals surface area contributed by atoms with E-state index in [-0.39, 0.29) is 6.04 Å². The van der Waals surface area contributed by atoms with Crippen molar-refractivity contribution in [1.29, 1.82) is 0 Å². The fraction of sp³-hybridized carbons (Fsp3) is 0.235. The largest absolute Gasteiger partial charge is 0.356 e.